The van der Waals surface area contributed by atoms with E-state index in [0.717, 1.165) is 30.4 Å². The molecule has 1 amide bonds. The van der Waals surface area contributed by atoms with Crippen LogP contribution in [0.4, 0.5) is 0 Å². The van der Waals surface area contributed by atoms with Gasteiger partial charge in [0.15, 0.2) is 6.61 Å². The molecule has 0 atom stereocenters. The summed E-state index contributed by atoms with van der Waals surface area (Å²) in [6.07, 6.45) is 4.51. The highest BCUT2D eigenvalue weighted by Crippen LogP contribution is 2.22. The van der Waals surface area contributed by atoms with E-state index < -0.39 is 0 Å². The molecule has 0 aromatic heterocycles. The zero-order valence-electron chi connectivity index (χ0n) is 11.3. The molecular formula is C15H17BrN2O2. The summed E-state index contributed by atoms with van der Waals surface area (Å²) in [6, 6.07) is 7.26. The summed E-state index contributed by atoms with van der Waals surface area (Å²) < 4.78 is 6.32. The number of hydrogen-bond acceptors (Lipinski definition) is 3. The summed E-state index contributed by atoms with van der Waals surface area (Å²) in [4.78, 5) is 14.0. The quantitative estimate of drug-likeness (QED) is 0.852. The molecule has 106 valence electrons. The number of amides is 1. The Labute approximate surface area is 127 Å². The van der Waals surface area contributed by atoms with Crippen LogP contribution in [0.2, 0.25) is 0 Å². The van der Waals surface area contributed by atoms with E-state index >= 15 is 0 Å². The third kappa shape index (κ3) is 3.97. The van der Waals surface area contributed by atoms with Gasteiger partial charge in [-0.25, -0.2) is 0 Å². The maximum Gasteiger partial charge on any atom is 0.260 e. The van der Waals surface area contributed by atoms with Gasteiger partial charge in [0, 0.05) is 17.6 Å². The van der Waals surface area contributed by atoms with E-state index in [9.17, 15) is 4.79 Å². The topological polar surface area (TPSA) is 53.3 Å². The smallest absolute Gasteiger partial charge is 0.260 e. The highest BCUT2D eigenvalue weighted by Gasteiger charge is 2.16. The largest absolute Gasteiger partial charge is 0.482 e. The highest BCUT2D eigenvalue weighted by atomic mass is 79.9. The molecule has 0 unspecified atom stereocenters. The monoisotopic (exact) mass is 336 g/mol. The van der Waals surface area contributed by atoms with Gasteiger partial charge in [0.2, 0.25) is 0 Å². The molecule has 0 saturated carbocycles. The molecule has 0 aliphatic carbocycles. The number of halogens is 1. The van der Waals surface area contributed by atoms with Crippen molar-refractivity contribution in [2.75, 3.05) is 19.7 Å². The highest BCUT2D eigenvalue weighted by molar-refractivity contribution is 9.10. The average Bonchev–Trinajstić information content (AvgIpc) is 2.74. The summed E-state index contributed by atoms with van der Waals surface area (Å²) in [6.45, 7) is 1.62. The molecule has 1 fully saturated rings. The van der Waals surface area contributed by atoms with Crippen LogP contribution in [0.15, 0.2) is 22.7 Å². The van der Waals surface area contributed by atoms with Gasteiger partial charge in [-0.15, -0.1) is 0 Å². The second-order valence-electron chi connectivity index (χ2n) is 4.84. The maximum atomic E-state index is 12.1. The Hall–Kier alpha value is -1.54. The number of nitriles is 1. The van der Waals surface area contributed by atoms with Crippen LogP contribution in [0.25, 0.3) is 0 Å². The van der Waals surface area contributed by atoms with Crippen molar-refractivity contribution in [1.29, 1.82) is 5.26 Å². The van der Waals surface area contributed by atoms with Gasteiger partial charge in [0.05, 0.1) is 5.56 Å². The molecular weight excluding hydrogens is 320 g/mol. The van der Waals surface area contributed by atoms with Crippen molar-refractivity contribution in [3.05, 3.63) is 28.2 Å². The van der Waals surface area contributed by atoms with Crippen LogP contribution >= 0.6 is 15.9 Å². The normalized spacial score (nSPS) is 15.3. The Morgan fingerprint density at radius 3 is 2.65 bits per heavy atom. The van der Waals surface area contributed by atoms with Crippen LogP contribution in [0, 0.1) is 11.3 Å². The molecule has 20 heavy (non-hydrogen) atoms. The summed E-state index contributed by atoms with van der Waals surface area (Å²) in [5.41, 5.74) is 0.433. The standard InChI is InChI=1S/C15H17BrN2O2/c16-13-5-6-14(12(9-13)10-17)20-11-15(19)18-7-3-1-2-4-8-18/h5-6,9H,1-4,7-8,11H2. The number of likely N-dealkylation sites (tertiary alicyclic amines) is 1. The van der Waals surface area contributed by atoms with Crippen LogP contribution < -0.4 is 4.74 Å². The molecule has 1 aliphatic heterocycles. The van der Waals surface area contributed by atoms with E-state index in [1.807, 2.05) is 4.90 Å². The van der Waals surface area contributed by atoms with Gasteiger partial charge in [-0.2, -0.15) is 5.26 Å². The number of nitrogens with zero attached hydrogens (tertiary/aromatic N) is 2. The molecule has 0 spiro atoms. The van der Waals surface area contributed by atoms with Crippen LogP contribution in [-0.2, 0) is 4.79 Å². The lowest BCUT2D eigenvalue weighted by atomic mass is 10.2. The van der Waals surface area contributed by atoms with Crippen molar-refractivity contribution in [1.82, 2.24) is 4.90 Å². The Bertz CT molecular complexity index is 517. The summed E-state index contributed by atoms with van der Waals surface area (Å²) in [5.74, 6) is 0.456. The van der Waals surface area contributed by atoms with Crippen molar-refractivity contribution >= 4 is 21.8 Å². The molecule has 1 saturated heterocycles. The fraction of sp³-hybridized carbons (Fsp3) is 0.467. The first-order chi connectivity index (χ1) is 9.70. The Morgan fingerprint density at radius 1 is 1.30 bits per heavy atom. The Morgan fingerprint density at radius 2 is 2.00 bits per heavy atom. The van der Waals surface area contributed by atoms with Crippen molar-refractivity contribution in [2.24, 2.45) is 0 Å². The number of rotatable bonds is 3. The minimum atomic E-state index is -0.00366. The fourth-order valence-corrected chi connectivity index (χ4v) is 2.63. The predicted molar refractivity (Wildman–Crippen MR) is 79.4 cm³/mol. The summed E-state index contributed by atoms with van der Waals surface area (Å²) >= 11 is 3.31. The van der Waals surface area contributed by atoms with Gasteiger partial charge in [0.1, 0.15) is 11.8 Å². The molecule has 0 bridgehead atoms. The van der Waals surface area contributed by atoms with Crippen molar-refractivity contribution in [2.45, 2.75) is 25.7 Å². The predicted octanol–water partition coefficient (Wildman–Crippen LogP) is 3.10. The third-order valence-corrected chi connectivity index (χ3v) is 3.87. The van der Waals surface area contributed by atoms with E-state index in [2.05, 4.69) is 22.0 Å². The molecule has 0 N–H and O–H groups in total. The fourth-order valence-electron chi connectivity index (χ4n) is 2.27. The van der Waals surface area contributed by atoms with Crippen LogP contribution in [0.5, 0.6) is 5.75 Å². The lowest BCUT2D eigenvalue weighted by Crippen LogP contribution is -2.35. The number of benzene rings is 1. The second kappa shape index (κ2) is 7.30. The first-order valence-corrected chi connectivity index (χ1v) is 7.60. The van der Waals surface area contributed by atoms with E-state index in [0.29, 0.717) is 11.3 Å². The molecule has 1 heterocycles. The first kappa shape index (κ1) is 14.9. The molecule has 5 heteroatoms. The lowest BCUT2D eigenvalue weighted by molar-refractivity contribution is -0.133. The number of carbonyl (C=O) groups excluding carboxylic acids is 1. The molecule has 1 aromatic rings. The molecule has 0 radical (unpaired) electrons. The van der Waals surface area contributed by atoms with E-state index in [1.165, 1.54) is 12.8 Å². The van der Waals surface area contributed by atoms with Crippen LogP contribution in [0.3, 0.4) is 0 Å². The molecule has 1 aliphatic rings. The van der Waals surface area contributed by atoms with Crippen molar-refractivity contribution in [3.8, 4) is 11.8 Å². The van der Waals surface area contributed by atoms with Crippen molar-refractivity contribution in [3.63, 3.8) is 0 Å². The van der Waals surface area contributed by atoms with Crippen LogP contribution in [0.1, 0.15) is 31.2 Å². The third-order valence-electron chi connectivity index (χ3n) is 3.37. The molecule has 2 rings (SSSR count). The Balaban J connectivity index is 1.94. The SMILES string of the molecule is N#Cc1cc(Br)ccc1OCC(=O)N1CCCCCC1. The maximum absolute atomic E-state index is 12.1. The van der Waals surface area contributed by atoms with Crippen molar-refractivity contribution < 1.29 is 9.53 Å². The van der Waals surface area contributed by atoms with E-state index in [1.54, 1.807) is 18.2 Å². The van der Waals surface area contributed by atoms with Gasteiger partial charge in [-0.05, 0) is 31.0 Å². The number of ether oxygens (including phenoxy) is 1. The van der Waals surface area contributed by atoms with Gasteiger partial charge in [-0.3, -0.25) is 4.79 Å². The zero-order valence-corrected chi connectivity index (χ0v) is 12.9. The Kier molecular flexibility index (Phi) is 5.42. The molecule has 4 nitrogen and oxygen atoms in total. The number of carbonyl (C=O) groups is 1. The van der Waals surface area contributed by atoms with Gasteiger partial charge >= 0.3 is 0 Å². The van der Waals surface area contributed by atoms with Gasteiger partial charge in [-0.1, -0.05) is 28.8 Å². The van der Waals surface area contributed by atoms with E-state index in [4.69, 9.17) is 10.00 Å². The number of hydrogen-bond donors (Lipinski definition) is 0. The first-order valence-electron chi connectivity index (χ1n) is 6.81. The average molecular weight is 337 g/mol. The zero-order chi connectivity index (χ0) is 14.4. The molecule has 1 aromatic carbocycles. The minimum absolute atomic E-state index is 0.00120. The lowest BCUT2D eigenvalue weighted by Gasteiger charge is -2.20. The summed E-state index contributed by atoms with van der Waals surface area (Å²) in [7, 11) is 0. The van der Waals surface area contributed by atoms with Crippen LogP contribution in [-0.4, -0.2) is 30.5 Å². The summed E-state index contributed by atoms with van der Waals surface area (Å²) in [5, 5.41) is 9.05. The van der Waals surface area contributed by atoms with Gasteiger partial charge in [0.25, 0.3) is 5.91 Å². The minimum Gasteiger partial charge on any atom is -0.482 e. The second-order valence-corrected chi connectivity index (χ2v) is 5.75. The van der Waals surface area contributed by atoms with Gasteiger partial charge < -0.3 is 9.64 Å². The van der Waals surface area contributed by atoms with E-state index in [-0.39, 0.29) is 12.5 Å².